The van der Waals surface area contributed by atoms with Gasteiger partial charge in [-0.15, -0.1) is 0 Å². The maximum absolute atomic E-state index is 11.3. The van der Waals surface area contributed by atoms with Crippen LogP contribution >= 0.6 is 34.5 Å². The number of rotatable bonds is 4. The lowest BCUT2D eigenvalue weighted by molar-refractivity contribution is -0.385. The van der Waals surface area contributed by atoms with E-state index in [1.54, 1.807) is 6.07 Å². The Morgan fingerprint density at radius 2 is 2.05 bits per heavy atom. The van der Waals surface area contributed by atoms with Crippen LogP contribution in [0.15, 0.2) is 24.3 Å². The van der Waals surface area contributed by atoms with E-state index in [4.69, 9.17) is 27.9 Å². The Hall–Kier alpha value is -1.63. The molecule has 0 aliphatic carbocycles. The van der Waals surface area contributed by atoms with Crippen LogP contribution in [0.1, 0.15) is 16.6 Å². The van der Waals surface area contributed by atoms with Gasteiger partial charge in [0.05, 0.1) is 14.8 Å². The highest BCUT2D eigenvalue weighted by Gasteiger charge is 2.23. The minimum absolute atomic E-state index is 0.00985. The number of halogens is 2. The van der Waals surface area contributed by atoms with Crippen LogP contribution < -0.4 is 4.74 Å². The first-order valence-corrected chi connectivity index (χ1v) is 6.88. The van der Waals surface area contributed by atoms with Crippen LogP contribution in [0.5, 0.6) is 10.8 Å². The van der Waals surface area contributed by atoms with Crippen molar-refractivity contribution in [2.75, 3.05) is 0 Å². The number of benzene rings is 1. The van der Waals surface area contributed by atoms with Crippen LogP contribution in [0.2, 0.25) is 10.0 Å². The summed E-state index contributed by atoms with van der Waals surface area (Å²) in [7, 11) is 0. The number of hydrogen-bond donors (Lipinski definition) is 0. The molecule has 0 saturated heterocycles. The largest absolute Gasteiger partial charge is 0.438 e. The molecule has 0 saturated carbocycles. The van der Waals surface area contributed by atoms with Crippen LogP contribution in [0.3, 0.4) is 0 Å². The highest BCUT2D eigenvalue weighted by atomic mass is 35.5. The molecular formula is C12H7Cl2NO4S. The summed E-state index contributed by atoms with van der Waals surface area (Å²) in [6.45, 7) is 1.33. The Morgan fingerprint density at radius 3 is 2.65 bits per heavy atom. The fraction of sp³-hybridized carbons (Fsp3) is 0.0833. The number of ether oxygens (including phenoxy) is 1. The number of nitro groups is 1. The Labute approximate surface area is 127 Å². The average Bonchev–Trinajstić information content (AvgIpc) is 2.78. The predicted octanol–water partition coefficient (Wildman–Crippen LogP) is 4.96. The predicted molar refractivity (Wildman–Crippen MR) is 77.5 cm³/mol. The van der Waals surface area contributed by atoms with Crippen molar-refractivity contribution in [2.24, 2.45) is 0 Å². The molecule has 0 bridgehead atoms. The van der Waals surface area contributed by atoms with E-state index in [0.29, 0.717) is 5.02 Å². The molecule has 0 radical (unpaired) electrons. The zero-order valence-electron chi connectivity index (χ0n) is 10.1. The van der Waals surface area contributed by atoms with E-state index in [9.17, 15) is 14.9 Å². The number of carbonyl (C=O) groups excluding carboxylic acids is 1. The van der Waals surface area contributed by atoms with Crippen molar-refractivity contribution in [3.63, 3.8) is 0 Å². The fourth-order valence-corrected chi connectivity index (χ4v) is 2.60. The quantitative estimate of drug-likeness (QED) is 0.451. The van der Waals surface area contributed by atoms with Crippen LogP contribution in [-0.4, -0.2) is 10.7 Å². The number of ketones is 1. The van der Waals surface area contributed by atoms with Gasteiger partial charge in [-0.3, -0.25) is 14.9 Å². The molecule has 8 heteroatoms. The van der Waals surface area contributed by atoms with Gasteiger partial charge in [-0.1, -0.05) is 34.5 Å². The molecule has 0 spiro atoms. The molecule has 0 atom stereocenters. The molecule has 20 heavy (non-hydrogen) atoms. The van der Waals surface area contributed by atoms with Gasteiger partial charge in [0, 0.05) is 17.2 Å². The second-order valence-corrected chi connectivity index (χ2v) is 5.63. The van der Waals surface area contributed by atoms with Crippen LogP contribution in [0.4, 0.5) is 5.69 Å². The van der Waals surface area contributed by atoms with Crippen molar-refractivity contribution in [1.29, 1.82) is 0 Å². The van der Waals surface area contributed by atoms with E-state index < -0.39 is 4.92 Å². The van der Waals surface area contributed by atoms with Gasteiger partial charge in [-0.25, -0.2) is 0 Å². The number of carbonyl (C=O) groups is 1. The first-order chi connectivity index (χ1) is 9.38. The second-order valence-electron chi connectivity index (χ2n) is 3.77. The summed E-state index contributed by atoms with van der Waals surface area (Å²) in [6, 6.07) is 5.71. The first kappa shape index (κ1) is 14.8. The lowest BCUT2D eigenvalue weighted by Crippen LogP contribution is -1.90. The molecule has 5 nitrogen and oxygen atoms in total. The molecule has 2 rings (SSSR count). The summed E-state index contributed by atoms with van der Waals surface area (Å²) in [5.41, 5.74) is -0.281. The normalized spacial score (nSPS) is 10.3. The molecule has 0 amide bonds. The summed E-state index contributed by atoms with van der Waals surface area (Å²) in [5, 5.41) is 11.6. The number of thiophene rings is 1. The Morgan fingerprint density at radius 1 is 1.35 bits per heavy atom. The van der Waals surface area contributed by atoms with Gasteiger partial charge in [0.2, 0.25) is 0 Å². The number of Topliss-reactive ketones (excluding diaryl/α,β-unsaturated/α-hetero) is 1. The summed E-state index contributed by atoms with van der Waals surface area (Å²) in [4.78, 5) is 21.9. The maximum Gasteiger partial charge on any atom is 0.323 e. The SMILES string of the molecule is CC(=O)c1cc([N+](=O)[O-])c(Oc2cc(Cl)ccc2Cl)s1. The summed E-state index contributed by atoms with van der Waals surface area (Å²) in [5.74, 6) is -0.0793. The molecule has 0 unspecified atom stereocenters. The third-order valence-electron chi connectivity index (χ3n) is 2.32. The van der Waals surface area contributed by atoms with Crippen LogP contribution in [0.25, 0.3) is 0 Å². The minimum atomic E-state index is -0.614. The van der Waals surface area contributed by atoms with Gasteiger partial charge in [-0.05, 0) is 19.1 Å². The molecule has 1 heterocycles. The molecule has 1 aromatic heterocycles. The standard InChI is InChI=1S/C12H7Cl2NO4S/c1-6(16)11-5-9(15(17)18)12(20-11)19-10-4-7(13)2-3-8(10)14/h2-5H,1H3. The van der Waals surface area contributed by atoms with Gasteiger partial charge in [-0.2, -0.15) is 0 Å². The summed E-state index contributed by atoms with van der Waals surface area (Å²) < 4.78 is 5.42. The monoisotopic (exact) mass is 331 g/mol. The summed E-state index contributed by atoms with van der Waals surface area (Å²) in [6.07, 6.45) is 0. The Kier molecular flexibility index (Phi) is 4.27. The van der Waals surface area contributed by atoms with Crippen molar-refractivity contribution >= 4 is 46.0 Å². The first-order valence-electron chi connectivity index (χ1n) is 5.30. The molecule has 2 aromatic rings. The van der Waals surface area contributed by atoms with Gasteiger partial charge in [0.25, 0.3) is 5.06 Å². The second kappa shape index (κ2) is 5.78. The molecule has 104 valence electrons. The van der Waals surface area contributed by atoms with E-state index in [2.05, 4.69) is 0 Å². The topological polar surface area (TPSA) is 69.4 Å². The number of hydrogen-bond acceptors (Lipinski definition) is 5. The van der Waals surface area contributed by atoms with E-state index in [0.717, 1.165) is 11.3 Å². The molecule has 0 N–H and O–H groups in total. The highest BCUT2D eigenvalue weighted by molar-refractivity contribution is 7.16. The lowest BCUT2D eigenvalue weighted by Gasteiger charge is -2.05. The van der Waals surface area contributed by atoms with Crippen LogP contribution in [0, 0.1) is 10.1 Å². The van der Waals surface area contributed by atoms with Crippen molar-refractivity contribution in [3.05, 3.63) is 49.3 Å². The lowest BCUT2D eigenvalue weighted by atomic mass is 10.3. The molecule has 1 aromatic carbocycles. The number of nitrogens with zero attached hydrogens (tertiary/aromatic N) is 1. The van der Waals surface area contributed by atoms with Crippen LogP contribution in [-0.2, 0) is 0 Å². The fourth-order valence-electron chi connectivity index (χ4n) is 1.39. The zero-order chi connectivity index (χ0) is 14.9. The van der Waals surface area contributed by atoms with E-state index in [-0.39, 0.29) is 32.2 Å². The van der Waals surface area contributed by atoms with Crippen molar-refractivity contribution in [2.45, 2.75) is 6.92 Å². The third kappa shape index (κ3) is 3.09. The summed E-state index contributed by atoms with van der Waals surface area (Å²) >= 11 is 12.6. The minimum Gasteiger partial charge on any atom is -0.438 e. The molecular weight excluding hydrogens is 325 g/mol. The highest BCUT2D eigenvalue weighted by Crippen LogP contribution is 2.42. The molecule has 0 aliphatic heterocycles. The average molecular weight is 332 g/mol. The Bertz CT molecular complexity index is 699. The van der Waals surface area contributed by atoms with Gasteiger partial charge >= 0.3 is 5.69 Å². The third-order valence-corrected chi connectivity index (χ3v) is 3.97. The maximum atomic E-state index is 11.3. The van der Waals surface area contributed by atoms with Gasteiger partial charge in [0.15, 0.2) is 5.78 Å². The zero-order valence-corrected chi connectivity index (χ0v) is 12.4. The van der Waals surface area contributed by atoms with Gasteiger partial charge < -0.3 is 4.74 Å². The van der Waals surface area contributed by atoms with Crippen molar-refractivity contribution < 1.29 is 14.5 Å². The smallest absolute Gasteiger partial charge is 0.323 e. The Balaban J connectivity index is 2.44. The van der Waals surface area contributed by atoms with Crippen molar-refractivity contribution in [3.8, 4) is 10.8 Å². The van der Waals surface area contributed by atoms with Gasteiger partial charge in [0.1, 0.15) is 5.75 Å². The molecule has 0 aliphatic rings. The molecule has 0 fully saturated rings. The van der Waals surface area contributed by atoms with E-state index in [1.165, 1.54) is 25.1 Å². The van der Waals surface area contributed by atoms with E-state index >= 15 is 0 Å². The van der Waals surface area contributed by atoms with Crippen molar-refractivity contribution in [1.82, 2.24) is 0 Å². The van der Waals surface area contributed by atoms with E-state index in [1.807, 2.05) is 0 Å².